The van der Waals surface area contributed by atoms with Crippen molar-refractivity contribution in [3.8, 4) is 0 Å². The van der Waals surface area contributed by atoms with Crippen molar-refractivity contribution in [2.45, 2.75) is 26.2 Å². The normalized spacial score (nSPS) is 30.5. The average Bonchev–Trinajstić information content (AvgIpc) is 2.69. The van der Waals surface area contributed by atoms with Crippen LogP contribution in [0.25, 0.3) is 0 Å². The smallest absolute Gasteiger partial charge is 0.222 e. The summed E-state index contributed by atoms with van der Waals surface area (Å²) >= 11 is 0. The second-order valence-electron chi connectivity index (χ2n) is 5.47. The topological polar surface area (TPSA) is 32.8 Å². The number of amides is 1. The minimum Gasteiger partial charge on any atom is -0.380 e. The van der Waals surface area contributed by atoms with E-state index in [-0.39, 0.29) is 5.41 Å². The lowest BCUT2D eigenvalue weighted by molar-refractivity contribution is -0.136. The first-order valence-electron chi connectivity index (χ1n) is 6.69. The highest BCUT2D eigenvalue weighted by Crippen LogP contribution is 2.40. The van der Waals surface area contributed by atoms with Crippen LogP contribution in [0.15, 0.2) is 0 Å². The standard InChI is InChI=1S/C13H24N2O2/c1-3-17-9-8-15-7-5-13(11-15)4-6-14(2)12(16)10-13/h3-11H2,1-2H3. The predicted octanol–water partition coefficient (Wildman–Crippen LogP) is 0.967. The molecular weight excluding hydrogens is 216 g/mol. The van der Waals surface area contributed by atoms with Crippen LogP contribution in [-0.2, 0) is 9.53 Å². The first-order chi connectivity index (χ1) is 8.15. The van der Waals surface area contributed by atoms with Gasteiger partial charge in [0.2, 0.25) is 5.91 Å². The van der Waals surface area contributed by atoms with Gasteiger partial charge in [-0.1, -0.05) is 0 Å². The predicted molar refractivity (Wildman–Crippen MR) is 66.9 cm³/mol. The van der Waals surface area contributed by atoms with Gasteiger partial charge < -0.3 is 14.5 Å². The van der Waals surface area contributed by atoms with Crippen LogP contribution in [-0.4, -0.2) is 62.1 Å². The van der Waals surface area contributed by atoms with Gasteiger partial charge in [0.05, 0.1) is 6.61 Å². The fourth-order valence-electron chi connectivity index (χ4n) is 2.98. The van der Waals surface area contributed by atoms with Crippen LogP contribution in [0.1, 0.15) is 26.2 Å². The molecule has 2 aliphatic rings. The van der Waals surface area contributed by atoms with E-state index in [0.717, 1.165) is 45.8 Å². The van der Waals surface area contributed by atoms with Crippen LogP contribution >= 0.6 is 0 Å². The maximum atomic E-state index is 11.8. The van der Waals surface area contributed by atoms with Crippen LogP contribution in [0.5, 0.6) is 0 Å². The van der Waals surface area contributed by atoms with Gasteiger partial charge in [0.1, 0.15) is 0 Å². The Labute approximate surface area is 104 Å². The van der Waals surface area contributed by atoms with Gasteiger partial charge in [0.15, 0.2) is 0 Å². The van der Waals surface area contributed by atoms with Gasteiger partial charge in [0.25, 0.3) is 0 Å². The zero-order chi connectivity index (χ0) is 12.3. The van der Waals surface area contributed by atoms with E-state index in [9.17, 15) is 4.79 Å². The lowest BCUT2D eigenvalue weighted by Gasteiger charge is -2.37. The molecule has 1 spiro atoms. The van der Waals surface area contributed by atoms with E-state index in [2.05, 4.69) is 4.90 Å². The Balaban J connectivity index is 1.82. The first-order valence-corrected chi connectivity index (χ1v) is 6.69. The highest BCUT2D eigenvalue weighted by Gasteiger charge is 2.42. The molecule has 0 radical (unpaired) electrons. The Morgan fingerprint density at radius 3 is 2.82 bits per heavy atom. The summed E-state index contributed by atoms with van der Waals surface area (Å²) in [6, 6.07) is 0. The molecule has 1 unspecified atom stereocenters. The van der Waals surface area contributed by atoms with Crippen LogP contribution in [0.4, 0.5) is 0 Å². The summed E-state index contributed by atoms with van der Waals surface area (Å²) in [5.41, 5.74) is 0.274. The molecule has 98 valence electrons. The van der Waals surface area contributed by atoms with E-state index < -0.39 is 0 Å². The number of likely N-dealkylation sites (tertiary alicyclic amines) is 2. The molecule has 4 nitrogen and oxygen atoms in total. The molecule has 2 fully saturated rings. The molecule has 0 saturated carbocycles. The molecule has 1 atom stereocenters. The van der Waals surface area contributed by atoms with Gasteiger partial charge in [-0.15, -0.1) is 0 Å². The van der Waals surface area contributed by atoms with E-state index in [1.165, 1.54) is 12.8 Å². The SMILES string of the molecule is CCOCCN1CCC2(CCN(C)C(=O)C2)C1. The largest absolute Gasteiger partial charge is 0.380 e. The summed E-state index contributed by atoms with van der Waals surface area (Å²) in [5, 5.41) is 0. The number of rotatable bonds is 4. The van der Waals surface area contributed by atoms with E-state index in [0.29, 0.717) is 5.91 Å². The molecule has 0 N–H and O–H groups in total. The maximum absolute atomic E-state index is 11.8. The summed E-state index contributed by atoms with van der Waals surface area (Å²) in [6.45, 7) is 7.80. The fraction of sp³-hybridized carbons (Fsp3) is 0.923. The van der Waals surface area contributed by atoms with Crippen LogP contribution in [0.3, 0.4) is 0 Å². The molecule has 17 heavy (non-hydrogen) atoms. The summed E-state index contributed by atoms with van der Waals surface area (Å²) in [5.74, 6) is 0.322. The third-order valence-electron chi connectivity index (χ3n) is 4.20. The molecule has 0 aromatic heterocycles. The van der Waals surface area contributed by atoms with Crippen molar-refractivity contribution in [1.29, 1.82) is 0 Å². The van der Waals surface area contributed by atoms with Gasteiger partial charge in [-0.25, -0.2) is 0 Å². The van der Waals surface area contributed by atoms with Crippen molar-refractivity contribution in [1.82, 2.24) is 9.80 Å². The summed E-state index contributed by atoms with van der Waals surface area (Å²) in [4.78, 5) is 16.1. The van der Waals surface area contributed by atoms with Gasteiger partial charge in [0, 0.05) is 39.7 Å². The number of carbonyl (C=O) groups excluding carboxylic acids is 1. The molecular formula is C13H24N2O2. The van der Waals surface area contributed by atoms with Crippen LogP contribution < -0.4 is 0 Å². The highest BCUT2D eigenvalue weighted by atomic mass is 16.5. The summed E-state index contributed by atoms with van der Waals surface area (Å²) < 4.78 is 5.39. The first kappa shape index (κ1) is 12.8. The number of hydrogen-bond donors (Lipinski definition) is 0. The fourth-order valence-corrected chi connectivity index (χ4v) is 2.98. The van der Waals surface area contributed by atoms with Crippen molar-refractivity contribution in [3.63, 3.8) is 0 Å². The maximum Gasteiger partial charge on any atom is 0.222 e. The van der Waals surface area contributed by atoms with E-state index in [1.54, 1.807) is 0 Å². The number of hydrogen-bond acceptors (Lipinski definition) is 3. The third-order valence-corrected chi connectivity index (χ3v) is 4.20. The van der Waals surface area contributed by atoms with Gasteiger partial charge in [-0.3, -0.25) is 4.79 Å². The number of piperidine rings is 1. The molecule has 2 rings (SSSR count). The number of ether oxygens (including phenoxy) is 1. The van der Waals surface area contributed by atoms with E-state index in [4.69, 9.17) is 4.74 Å². The van der Waals surface area contributed by atoms with Crippen molar-refractivity contribution < 1.29 is 9.53 Å². The zero-order valence-electron chi connectivity index (χ0n) is 11.1. The Bertz CT molecular complexity index is 283. The Hall–Kier alpha value is -0.610. The Morgan fingerprint density at radius 1 is 1.35 bits per heavy atom. The second kappa shape index (κ2) is 5.36. The molecule has 0 aromatic carbocycles. The Morgan fingerprint density at radius 2 is 2.12 bits per heavy atom. The second-order valence-corrected chi connectivity index (χ2v) is 5.47. The number of carbonyl (C=O) groups is 1. The zero-order valence-corrected chi connectivity index (χ0v) is 11.1. The quantitative estimate of drug-likeness (QED) is 0.686. The van der Waals surface area contributed by atoms with Crippen LogP contribution in [0, 0.1) is 5.41 Å². The molecule has 1 amide bonds. The summed E-state index contributed by atoms with van der Waals surface area (Å²) in [6.07, 6.45) is 3.09. The average molecular weight is 240 g/mol. The van der Waals surface area contributed by atoms with Gasteiger partial charge in [-0.2, -0.15) is 0 Å². The molecule has 2 aliphatic heterocycles. The van der Waals surface area contributed by atoms with Crippen molar-refractivity contribution in [2.24, 2.45) is 5.41 Å². The number of nitrogens with zero attached hydrogens (tertiary/aromatic N) is 2. The highest BCUT2D eigenvalue weighted by molar-refractivity contribution is 5.77. The minimum absolute atomic E-state index is 0.274. The van der Waals surface area contributed by atoms with Crippen molar-refractivity contribution in [2.75, 3.05) is 46.4 Å². The van der Waals surface area contributed by atoms with E-state index >= 15 is 0 Å². The molecule has 4 heteroatoms. The minimum atomic E-state index is 0.274. The van der Waals surface area contributed by atoms with Crippen molar-refractivity contribution in [3.05, 3.63) is 0 Å². The molecule has 0 aliphatic carbocycles. The van der Waals surface area contributed by atoms with Gasteiger partial charge in [-0.05, 0) is 31.7 Å². The molecule has 2 heterocycles. The lowest BCUT2D eigenvalue weighted by atomic mass is 9.77. The lowest BCUT2D eigenvalue weighted by Crippen LogP contribution is -2.43. The van der Waals surface area contributed by atoms with E-state index in [1.807, 2.05) is 18.9 Å². The van der Waals surface area contributed by atoms with Gasteiger partial charge >= 0.3 is 0 Å². The van der Waals surface area contributed by atoms with Crippen LogP contribution in [0.2, 0.25) is 0 Å². The Kier molecular flexibility index (Phi) is 4.05. The molecule has 0 aromatic rings. The monoisotopic (exact) mass is 240 g/mol. The van der Waals surface area contributed by atoms with Crippen molar-refractivity contribution >= 4 is 5.91 Å². The third kappa shape index (κ3) is 2.99. The molecule has 0 bridgehead atoms. The summed E-state index contributed by atoms with van der Waals surface area (Å²) in [7, 11) is 1.91. The molecule has 2 saturated heterocycles.